The van der Waals surface area contributed by atoms with Gasteiger partial charge >= 0.3 is 0 Å². The summed E-state index contributed by atoms with van der Waals surface area (Å²) in [6, 6.07) is 24.7. The zero-order chi connectivity index (χ0) is 24.8. The number of rotatable bonds is 8. The van der Waals surface area contributed by atoms with E-state index in [-0.39, 0.29) is 34.2 Å². The van der Waals surface area contributed by atoms with Gasteiger partial charge in [0, 0.05) is 24.2 Å². The molecule has 0 fully saturated rings. The first-order chi connectivity index (χ1) is 17.0. The molecule has 0 bridgehead atoms. The monoisotopic (exact) mass is 466 g/mol. The van der Waals surface area contributed by atoms with Crippen LogP contribution >= 0.6 is 0 Å². The minimum atomic E-state index is -0.504. The SMILES string of the molecule is CCN(CC)C(=O)c1cnn(-c2ccccc2)c1NC(=O)c1ccccc1C(=O)c1ccccc1. The second kappa shape index (κ2) is 10.6. The van der Waals surface area contributed by atoms with Gasteiger partial charge in [-0.1, -0.05) is 66.7 Å². The lowest BCUT2D eigenvalue weighted by Crippen LogP contribution is -2.31. The fraction of sp³-hybridized carbons (Fsp3) is 0.143. The summed E-state index contributed by atoms with van der Waals surface area (Å²) in [5, 5.41) is 7.26. The molecule has 0 saturated heterocycles. The van der Waals surface area contributed by atoms with E-state index in [9.17, 15) is 14.4 Å². The molecule has 7 heteroatoms. The van der Waals surface area contributed by atoms with Crippen molar-refractivity contribution in [1.29, 1.82) is 0 Å². The molecule has 0 saturated carbocycles. The smallest absolute Gasteiger partial charge is 0.259 e. The highest BCUT2D eigenvalue weighted by Gasteiger charge is 2.25. The largest absolute Gasteiger partial charge is 0.339 e. The lowest BCUT2D eigenvalue weighted by atomic mass is 9.98. The quantitative estimate of drug-likeness (QED) is 0.377. The fourth-order valence-corrected chi connectivity index (χ4v) is 3.87. The minimum absolute atomic E-state index is 0.211. The third-order valence-corrected chi connectivity index (χ3v) is 5.74. The topological polar surface area (TPSA) is 84.3 Å². The zero-order valence-corrected chi connectivity index (χ0v) is 19.6. The number of nitrogens with one attached hydrogen (secondary N) is 1. The van der Waals surface area contributed by atoms with E-state index in [4.69, 9.17) is 0 Å². The van der Waals surface area contributed by atoms with Crippen LogP contribution in [0, 0.1) is 0 Å². The summed E-state index contributed by atoms with van der Waals surface area (Å²) in [5.41, 5.74) is 1.94. The molecule has 0 atom stereocenters. The Kier molecular flexibility index (Phi) is 7.16. The predicted molar refractivity (Wildman–Crippen MR) is 135 cm³/mol. The fourth-order valence-electron chi connectivity index (χ4n) is 3.87. The van der Waals surface area contributed by atoms with Gasteiger partial charge in [0.1, 0.15) is 11.4 Å². The molecular weight excluding hydrogens is 440 g/mol. The molecule has 0 aliphatic carbocycles. The molecule has 0 aliphatic heterocycles. The molecule has 7 nitrogen and oxygen atoms in total. The average molecular weight is 467 g/mol. The average Bonchev–Trinajstić information content (AvgIpc) is 3.33. The first-order valence-corrected chi connectivity index (χ1v) is 11.5. The number of carbonyl (C=O) groups excluding carboxylic acids is 3. The van der Waals surface area contributed by atoms with Crippen LogP contribution in [-0.2, 0) is 0 Å². The molecule has 176 valence electrons. The van der Waals surface area contributed by atoms with E-state index in [1.165, 1.54) is 10.9 Å². The van der Waals surface area contributed by atoms with Crippen molar-refractivity contribution in [3.8, 4) is 5.69 Å². The molecule has 35 heavy (non-hydrogen) atoms. The maximum atomic E-state index is 13.5. The summed E-state index contributed by atoms with van der Waals surface area (Å²) in [6.07, 6.45) is 1.46. The van der Waals surface area contributed by atoms with Gasteiger partial charge in [0.25, 0.3) is 11.8 Å². The van der Waals surface area contributed by atoms with Crippen molar-refractivity contribution in [1.82, 2.24) is 14.7 Å². The Labute approximate surface area is 204 Å². The van der Waals surface area contributed by atoms with Gasteiger partial charge in [-0.2, -0.15) is 5.10 Å². The highest BCUT2D eigenvalue weighted by atomic mass is 16.2. The first kappa shape index (κ1) is 23.6. The highest BCUT2D eigenvalue weighted by molar-refractivity contribution is 6.18. The van der Waals surface area contributed by atoms with Gasteiger partial charge in [-0.05, 0) is 32.0 Å². The first-order valence-electron chi connectivity index (χ1n) is 11.5. The Bertz CT molecular complexity index is 1340. The van der Waals surface area contributed by atoms with E-state index in [1.54, 1.807) is 53.4 Å². The Balaban J connectivity index is 1.75. The van der Waals surface area contributed by atoms with Crippen molar-refractivity contribution in [3.05, 3.63) is 113 Å². The Morgan fingerprint density at radius 3 is 1.97 bits per heavy atom. The second-order valence-electron chi connectivity index (χ2n) is 7.83. The molecular formula is C28H26N4O3. The number of hydrogen-bond donors (Lipinski definition) is 1. The summed E-state index contributed by atoms with van der Waals surface area (Å²) in [4.78, 5) is 41.5. The number of para-hydroxylation sites is 1. The van der Waals surface area contributed by atoms with Crippen molar-refractivity contribution in [2.24, 2.45) is 0 Å². The van der Waals surface area contributed by atoms with Gasteiger partial charge in [-0.25, -0.2) is 4.68 Å². The van der Waals surface area contributed by atoms with E-state index in [2.05, 4.69) is 10.4 Å². The van der Waals surface area contributed by atoms with Crippen LogP contribution < -0.4 is 5.32 Å². The van der Waals surface area contributed by atoms with Crippen LogP contribution in [0.3, 0.4) is 0 Å². The third-order valence-electron chi connectivity index (χ3n) is 5.74. The van der Waals surface area contributed by atoms with E-state index in [0.29, 0.717) is 24.3 Å². The van der Waals surface area contributed by atoms with Crippen LogP contribution in [0.25, 0.3) is 5.69 Å². The van der Waals surface area contributed by atoms with Gasteiger partial charge in [0.15, 0.2) is 5.78 Å². The standard InChI is InChI=1S/C28H26N4O3/c1-3-31(4-2)28(35)24-19-29-32(21-15-9-6-10-16-21)26(24)30-27(34)23-18-12-11-17-22(23)25(33)20-13-7-5-8-14-20/h5-19H,3-4H2,1-2H3,(H,30,34). The van der Waals surface area contributed by atoms with Crippen molar-refractivity contribution in [3.63, 3.8) is 0 Å². The number of ketones is 1. The van der Waals surface area contributed by atoms with Gasteiger partial charge < -0.3 is 10.2 Å². The number of anilines is 1. The lowest BCUT2D eigenvalue weighted by molar-refractivity contribution is 0.0774. The highest BCUT2D eigenvalue weighted by Crippen LogP contribution is 2.24. The Morgan fingerprint density at radius 2 is 1.34 bits per heavy atom. The molecule has 2 amide bonds. The van der Waals surface area contributed by atoms with Gasteiger partial charge in [0.05, 0.1) is 17.4 Å². The second-order valence-corrected chi connectivity index (χ2v) is 7.83. The van der Waals surface area contributed by atoms with E-state index in [0.717, 1.165) is 0 Å². The molecule has 0 unspecified atom stereocenters. The number of benzene rings is 3. The molecule has 4 rings (SSSR count). The number of carbonyl (C=O) groups is 3. The third kappa shape index (κ3) is 4.89. The molecule has 3 aromatic carbocycles. The predicted octanol–water partition coefficient (Wildman–Crippen LogP) is 4.84. The zero-order valence-electron chi connectivity index (χ0n) is 19.6. The van der Waals surface area contributed by atoms with Crippen molar-refractivity contribution >= 4 is 23.4 Å². The van der Waals surface area contributed by atoms with Crippen LogP contribution in [0.4, 0.5) is 5.82 Å². The Hall–Kier alpha value is -4.52. The molecule has 0 radical (unpaired) electrons. The minimum Gasteiger partial charge on any atom is -0.339 e. The summed E-state index contributed by atoms with van der Waals surface area (Å²) in [6.45, 7) is 4.83. The molecule has 1 aromatic heterocycles. The van der Waals surface area contributed by atoms with Crippen LogP contribution in [0.5, 0.6) is 0 Å². The van der Waals surface area contributed by atoms with Crippen LogP contribution in [0.15, 0.2) is 91.1 Å². The van der Waals surface area contributed by atoms with E-state index in [1.807, 2.05) is 50.2 Å². The van der Waals surface area contributed by atoms with E-state index >= 15 is 0 Å². The van der Waals surface area contributed by atoms with Gasteiger partial charge in [0.2, 0.25) is 0 Å². The molecule has 0 spiro atoms. The summed E-state index contributed by atoms with van der Waals surface area (Å²) in [5.74, 6) is -0.746. The molecule has 1 N–H and O–H groups in total. The van der Waals surface area contributed by atoms with Gasteiger partial charge in [-0.3, -0.25) is 14.4 Å². The number of hydrogen-bond acceptors (Lipinski definition) is 4. The van der Waals surface area contributed by atoms with Crippen LogP contribution in [0.1, 0.15) is 50.5 Å². The number of nitrogens with zero attached hydrogens (tertiary/aromatic N) is 3. The molecule has 0 aliphatic rings. The Morgan fingerprint density at radius 1 is 0.771 bits per heavy atom. The summed E-state index contributed by atoms with van der Waals surface area (Å²) < 4.78 is 1.52. The molecule has 4 aromatic rings. The van der Waals surface area contributed by atoms with Crippen molar-refractivity contribution in [2.45, 2.75) is 13.8 Å². The summed E-state index contributed by atoms with van der Waals surface area (Å²) in [7, 11) is 0. The van der Waals surface area contributed by atoms with Crippen LogP contribution in [-0.4, -0.2) is 45.4 Å². The van der Waals surface area contributed by atoms with Crippen LogP contribution in [0.2, 0.25) is 0 Å². The maximum absolute atomic E-state index is 13.5. The summed E-state index contributed by atoms with van der Waals surface area (Å²) >= 11 is 0. The lowest BCUT2D eigenvalue weighted by Gasteiger charge is -2.19. The van der Waals surface area contributed by atoms with E-state index < -0.39 is 5.91 Å². The van der Waals surface area contributed by atoms with Crippen molar-refractivity contribution in [2.75, 3.05) is 18.4 Å². The maximum Gasteiger partial charge on any atom is 0.259 e. The number of aromatic nitrogens is 2. The number of amides is 2. The van der Waals surface area contributed by atoms with Crippen molar-refractivity contribution < 1.29 is 14.4 Å². The normalized spacial score (nSPS) is 10.6. The van der Waals surface area contributed by atoms with Gasteiger partial charge in [-0.15, -0.1) is 0 Å². The molecule has 1 heterocycles.